The molecular formula is C16H25NS. The SMILES string of the molecule is CCCNC(CSc1cc(C)ccc1C)C1CC1. The number of benzene rings is 1. The lowest BCUT2D eigenvalue weighted by Gasteiger charge is -2.18. The van der Waals surface area contributed by atoms with Gasteiger partial charge in [-0.05, 0) is 57.2 Å². The Hall–Kier alpha value is -0.470. The summed E-state index contributed by atoms with van der Waals surface area (Å²) < 4.78 is 0. The molecule has 0 amide bonds. The fourth-order valence-electron chi connectivity index (χ4n) is 2.23. The summed E-state index contributed by atoms with van der Waals surface area (Å²) in [7, 11) is 0. The number of rotatable bonds is 7. The van der Waals surface area contributed by atoms with Gasteiger partial charge >= 0.3 is 0 Å². The predicted molar refractivity (Wildman–Crippen MR) is 81.4 cm³/mol. The van der Waals surface area contributed by atoms with Gasteiger partial charge in [-0.2, -0.15) is 0 Å². The molecule has 0 aliphatic heterocycles. The summed E-state index contributed by atoms with van der Waals surface area (Å²) in [4.78, 5) is 1.46. The van der Waals surface area contributed by atoms with Crippen molar-refractivity contribution < 1.29 is 0 Å². The Bertz CT molecular complexity index is 385. The summed E-state index contributed by atoms with van der Waals surface area (Å²) in [6.07, 6.45) is 4.08. The summed E-state index contributed by atoms with van der Waals surface area (Å²) in [6, 6.07) is 7.48. The van der Waals surface area contributed by atoms with E-state index in [2.05, 4.69) is 44.3 Å². The van der Waals surface area contributed by atoms with E-state index >= 15 is 0 Å². The third-order valence-electron chi connectivity index (χ3n) is 3.61. The minimum absolute atomic E-state index is 0.717. The highest BCUT2D eigenvalue weighted by molar-refractivity contribution is 7.99. The van der Waals surface area contributed by atoms with Crippen LogP contribution in [0.3, 0.4) is 0 Å². The molecule has 2 rings (SSSR count). The molecular weight excluding hydrogens is 238 g/mol. The lowest BCUT2D eigenvalue weighted by molar-refractivity contribution is 0.503. The molecule has 1 aromatic rings. The molecule has 18 heavy (non-hydrogen) atoms. The first-order valence-corrected chi connectivity index (χ1v) is 8.12. The molecule has 0 spiro atoms. The molecule has 0 radical (unpaired) electrons. The molecule has 1 aromatic carbocycles. The Morgan fingerprint density at radius 2 is 2.11 bits per heavy atom. The molecule has 0 heterocycles. The van der Waals surface area contributed by atoms with Crippen LogP contribution in [0, 0.1) is 19.8 Å². The van der Waals surface area contributed by atoms with Crippen molar-refractivity contribution in [2.24, 2.45) is 5.92 Å². The van der Waals surface area contributed by atoms with Crippen molar-refractivity contribution >= 4 is 11.8 Å². The van der Waals surface area contributed by atoms with Crippen LogP contribution < -0.4 is 5.32 Å². The number of thioether (sulfide) groups is 1. The molecule has 1 saturated carbocycles. The van der Waals surface area contributed by atoms with Gasteiger partial charge in [-0.15, -0.1) is 11.8 Å². The average Bonchev–Trinajstić information content (AvgIpc) is 3.17. The first kappa shape index (κ1) is 14.0. The Balaban J connectivity index is 1.89. The highest BCUT2D eigenvalue weighted by Gasteiger charge is 2.30. The molecule has 1 N–H and O–H groups in total. The van der Waals surface area contributed by atoms with Gasteiger partial charge in [-0.25, -0.2) is 0 Å². The second kappa shape index (κ2) is 6.63. The molecule has 2 heteroatoms. The lowest BCUT2D eigenvalue weighted by Crippen LogP contribution is -2.33. The van der Waals surface area contributed by atoms with Gasteiger partial charge in [0.2, 0.25) is 0 Å². The average molecular weight is 263 g/mol. The molecule has 1 aliphatic rings. The topological polar surface area (TPSA) is 12.0 Å². The number of hydrogen-bond donors (Lipinski definition) is 1. The van der Waals surface area contributed by atoms with Crippen LogP contribution in [0.25, 0.3) is 0 Å². The van der Waals surface area contributed by atoms with Gasteiger partial charge in [0.15, 0.2) is 0 Å². The van der Waals surface area contributed by atoms with Crippen LogP contribution >= 0.6 is 11.8 Å². The van der Waals surface area contributed by atoms with Gasteiger partial charge in [0, 0.05) is 16.7 Å². The van der Waals surface area contributed by atoms with E-state index in [1.165, 1.54) is 41.0 Å². The third kappa shape index (κ3) is 4.03. The second-order valence-electron chi connectivity index (χ2n) is 5.48. The molecule has 1 atom stereocenters. The molecule has 1 nitrogen and oxygen atoms in total. The van der Waals surface area contributed by atoms with E-state index in [1.807, 2.05) is 11.8 Å². The number of nitrogens with one attached hydrogen (secondary N) is 1. The Kier molecular flexibility index (Phi) is 5.13. The van der Waals surface area contributed by atoms with Gasteiger partial charge < -0.3 is 5.32 Å². The monoisotopic (exact) mass is 263 g/mol. The van der Waals surface area contributed by atoms with Crippen LogP contribution in [-0.4, -0.2) is 18.3 Å². The molecule has 0 saturated heterocycles. The fraction of sp³-hybridized carbons (Fsp3) is 0.625. The van der Waals surface area contributed by atoms with Crippen molar-refractivity contribution in [2.75, 3.05) is 12.3 Å². The van der Waals surface area contributed by atoms with Crippen LogP contribution in [0.15, 0.2) is 23.1 Å². The van der Waals surface area contributed by atoms with E-state index in [9.17, 15) is 0 Å². The summed E-state index contributed by atoms with van der Waals surface area (Å²) in [5.41, 5.74) is 2.78. The van der Waals surface area contributed by atoms with Gasteiger partial charge in [0.25, 0.3) is 0 Å². The summed E-state index contributed by atoms with van der Waals surface area (Å²) >= 11 is 2.03. The number of aryl methyl sites for hydroxylation is 2. The summed E-state index contributed by atoms with van der Waals surface area (Å²) in [5, 5.41) is 3.71. The lowest BCUT2D eigenvalue weighted by atomic mass is 10.2. The van der Waals surface area contributed by atoms with Crippen molar-refractivity contribution in [3.05, 3.63) is 29.3 Å². The number of hydrogen-bond acceptors (Lipinski definition) is 2. The van der Waals surface area contributed by atoms with E-state index in [0.29, 0.717) is 0 Å². The predicted octanol–water partition coefficient (Wildman–Crippen LogP) is 4.17. The molecule has 0 bridgehead atoms. The van der Waals surface area contributed by atoms with Gasteiger partial charge in [0.1, 0.15) is 0 Å². The molecule has 1 fully saturated rings. The zero-order valence-electron chi connectivity index (χ0n) is 11.8. The van der Waals surface area contributed by atoms with Crippen molar-refractivity contribution in [1.82, 2.24) is 5.32 Å². The van der Waals surface area contributed by atoms with Gasteiger partial charge in [0.05, 0.1) is 0 Å². The molecule has 100 valence electrons. The standard InChI is InChI=1S/C16H25NS/c1-4-9-17-15(14-7-8-14)11-18-16-10-12(2)5-6-13(16)3/h5-6,10,14-15,17H,4,7-9,11H2,1-3H3. The zero-order chi connectivity index (χ0) is 13.0. The van der Waals surface area contributed by atoms with Crippen molar-refractivity contribution in [1.29, 1.82) is 0 Å². The van der Waals surface area contributed by atoms with Crippen LogP contribution in [0.2, 0.25) is 0 Å². The second-order valence-corrected chi connectivity index (χ2v) is 6.54. The van der Waals surface area contributed by atoms with Crippen LogP contribution in [0.5, 0.6) is 0 Å². The van der Waals surface area contributed by atoms with E-state index in [-0.39, 0.29) is 0 Å². The normalized spacial score (nSPS) is 16.8. The Morgan fingerprint density at radius 1 is 1.33 bits per heavy atom. The molecule has 1 aliphatic carbocycles. The summed E-state index contributed by atoms with van der Waals surface area (Å²) in [5.74, 6) is 2.16. The first-order chi connectivity index (χ1) is 8.70. The smallest absolute Gasteiger partial charge is 0.0189 e. The maximum atomic E-state index is 3.71. The molecule has 1 unspecified atom stereocenters. The van der Waals surface area contributed by atoms with Gasteiger partial charge in [-0.3, -0.25) is 0 Å². The van der Waals surface area contributed by atoms with Crippen molar-refractivity contribution in [3.63, 3.8) is 0 Å². The maximum Gasteiger partial charge on any atom is 0.0189 e. The third-order valence-corrected chi connectivity index (χ3v) is 4.89. The van der Waals surface area contributed by atoms with Crippen LogP contribution in [-0.2, 0) is 0 Å². The Morgan fingerprint density at radius 3 is 2.78 bits per heavy atom. The maximum absolute atomic E-state index is 3.71. The largest absolute Gasteiger partial charge is 0.313 e. The quantitative estimate of drug-likeness (QED) is 0.741. The van der Waals surface area contributed by atoms with E-state index in [1.54, 1.807) is 0 Å². The van der Waals surface area contributed by atoms with E-state index < -0.39 is 0 Å². The summed E-state index contributed by atoms with van der Waals surface area (Å²) in [6.45, 7) is 7.80. The van der Waals surface area contributed by atoms with E-state index in [4.69, 9.17) is 0 Å². The highest BCUT2D eigenvalue weighted by Crippen LogP contribution is 2.35. The Labute approximate surface area is 116 Å². The molecule has 0 aromatic heterocycles. The van der Waals surface area contributed by atoms with Crippen LogP contribution in [0.4, 0.5) is 0 Å². The highest BCUT2D eigenvalue weighted by atomic mass is 32.2. The zero-order valence-corrected chi connectivity index (χ0v) is 12.6. The van der Waals surface area contributed by atoms with Crippen molar-refractivity contribution in [3.8, 4) is 0 Å². The van der Waals surface area contributed by atoms with E-state index in [0.717, 1.165) is 18.5 Å². The van der Waals surface area contributed by atoms with Crippen LogP contribution in [0.1, 0.15) is 37.3 Å². The first-order valence-electron chi connectivity index (χ1n) is 7.14. The van der Waals surface area contributed by atoms with Crippen molar-refractivity contribution in [2.45, 2.75) is 51.0 Å². The fourth-order valence-corrected chi connectivity index (χ4v) is 3.55. The minimum atomic E-state index is 0.717. The minimum Gasteiger partial charge on any atom is -0.313 e. The van der Waals surface area contributed by atoms with Gasteiger partial charge in [-0.1, -0.05) is 24.6 Å².